The molecule has 0 bridgehead atoms. The van der Waals surface area contributed by atoms with Gasteiger partial charge in [-0.25, -0.2) is 0 Å². The summed E-state index contributed by atoms with van der Waals surface area (Å²) in [5, 5.41) is 13.8. The van der Waals surface area contributed by atoms with Gasteiger partial charge in [0.15, 0.2) is 11.0 Å². The van der Waals surface area contributed by atoms with Crippen molar-refractivity contribution in [3.63, 3.8) is 0 Å². The van der Waals surface area contributed by atoms with Gasteiger partial charge in [-0.15, -0.1) is 10.2 Å². The van der Waals surface area contributed by atoms with Crippen LogP contribution in [0.4, 0.5) is 0 Å². The summed E-state index contributed by atoms with van der Waals surface area (Å²) in [5.41, 5.74) is 3.86. The molecule has 0 aliphatic heterocycles. The number of rotatable bonds is 8. The van der Waals surface area contributed by atoms with Crippen LogP contribution in [0.1, 0.15) is 11.5 Å². The Balaban J connectivity index is 1.43. The minimum Gasteiger partial charge on any atom is -0.497 e. The molecular weight excluding hydrogens is 462 g/mol. The second kappa shape index (κ2) is 10.0. The zero-order chi connectivity index (χ0) is 24.2. The number of aromatic nitrogens is 5. The van der Waals surface area contributed by atoms with E-state index in [1.165, 1.54) is 11.8 Å². The first kappa shape index (κ1) is 22.7. The summed E-state index contributed by atoms with van der Waals surface area (Å²) in [6, 6.07) is 23.7. The SMILES string of the molecule is COc1ccc(-c2noc(CSc3nnc(-c4ccccc4)n3-c3cccc(C)c3)n2)c(OC)c1. The van der Waals surface area contributed by atoms with Crippen LogP contribution in [0.5, 0.6) is 11.5 Å². The first-order valence-electron chi connectivity index (χ1n) is 10.9. The molecular formula is C26H23N5O3S. The highest BCUT2D eigenvalue weighted by Gasteiger charge is 2.19. The largest absolute Gasteiger partial charge is 0.497 e. The molecule has 0 aliphatic carbocycles. The van der Waals surface area contributed by atoms with Crippen LogP contribution in [0, 0.1) is 6.92 Å². The lowest BCUT2D eigenvalue weighted by molar-refractivity contribution is 0.388. The van der Waals surface area contributed by atoms with E-state index in [1.54, 1.807) is 20.3 Å². The van der Waals surface area contributed by atoms with Gasteiger partial charge in [-0.1, -0.05) is 59.4 Å². The number of thioether (sulfide) groups is 1. The Bertz CT molecular complexity index is 1450. The van der Waals surface area contributed by atoms with Crippen molar-refractivity contribution in [2.24, 2.45) is 0 Å². The minimum absolute atomic E-state index is 0.435. The first-order valence-corrected chi connectivity index (χ1v) is 11.9. The fourth-order valence-electron chi connectivity index (χ4n) is 3.67. The summed E-state index contributed by atoms with van der Waals surface area (Å²) in [4.78, 5) is 4.56. The number of hydrogen-bond acceptors (Lipinski definition) is 8. The zero-order valence-electron chi connectivity index (χ0n) is 19.5. The third-order valence-electron chi connectivity index (χ3n) is 5.37. The van der Waals surface area contributed by atoms with Gasteiger partial charge in [-0.05, 0) is 36.8 Å². The highest BCUT2D eigenvalue weighted by Crippen LogP contribution is 2.33. The third kappa shape index (κ3) is 4.76. The Kier molecular flexibility index (Phi) is 6.49. The van der Waals surface area contributed by atoms with Gasteiger partial charge in [0.05, 0.1) is 25.5 Å². The number of ether oxygens (including phenoxy) is 2. The fourth-order valence-corrected chi connectivity index (χ4v) is 4.46. The van der Waals surface area contributed by atoms with Crippen molar-refractivity contribution < 1.29 is 14.0 Å². The van der Waals surface area contributed by atoms with E-state index in [1.807, 2.05) is 54.6 Å². The smallest absolute Gasteiger partial charge is 0.237 e. The number of aryl methyl sites for hydroxylation is 1. The van der Waals surface area contributed by atoms with E-state index in [0.29, 0.717) is 29.0 Å². The van der Waals surface area contributed by atoms with Crippen LogP contribution in [0.25, 0.3) is 28.5 Å². The van der Waals surface area contributed by atoms with Crippen LogP contribution in [0.2, 0.25) is 0 Å². The number of hydrogen-bond donors (Lipinski definition) is 0. The number of methoxy groups -OCH3 is 2. The van der Waals surface area contributed by atoms with Gasteiger partial charge in [0, 0.05) is 17.3 Å². The molecule has 0 amide bonds. The predicted octanol–water partition coefficient (Wildman–Crippen LogP) is 5.60. The van der Waals surface area contributed by atoms with Gasteiger partial charge < -0.3 is 14.0 Å². The molecule has 5 aromatic rings. The van der Waals surface area contributed by atoms with E-state index >= 15 is 0 Å². The van der Waals surface area contributed by atoms with Crippen LogP contribution in [-0.4, -0.2) is 39.1 Å². The van der Waals surface area contributed by atoms with Gasteiger partial charge >= 0.3 is 0 Å². The summed E-state index contributed by atoms with van der Waals surface area (Å²) in [6.45, 7) is 2.07. The summed E-state index contributed by atoms with van der Waals surface area (Å²) < 4.78 is 18.3. The fraction of sp³-hybridized carbons (Fsp3) is 0.154. The monoisotopic (exact) mass is 485 g/mol. The normalized spacial score (nSPS) is 10.9. The average Bonchev–Trinajstić information content (AvgIpc) is 3.55. The average molecular weight is 486 g/mol. The lowest BCUT2D eigenvalue weighted by Crippen LogP contribution is -2.00. The maximum Gasteiger partial charge on any atom is 0.237 e. The summed E-state index contributed by atoms with van der Waals surface area (Å²) in [6.07, 6.45) is 0. The molecule has 2 heterocycles. The van der Waals surface area contributed by atoms with Crippen molar-refractivity contribution in [1.29, 1.82) is 0 Å². The van der Waals surface area contributed by atoms with E-state index < -0.39 is 0 Å². The Labute approximate surface area is 206 Å². The molecule has 0 saturated heterocycles. The van der Waals surface area contributed by atoms with Gasteiger partial charge in [0.1, 0.15) is 11.5 Å². The molecule has 0 radical (unpaired) electrons. The molecule has 8 nitrogen and oxygen atoms in total. The molecule has 9 heteroatoms. The molecule has 0 spiro atoms. The second-order valence-corrected chi connectivity index (χ2v) is 8.66. The maximum atomic E-state index is 5.53. The zero-order valence-corrected chi connectivity index (χ0v) is 20.3. The van der Waals surface area contributed by atoms with Crippen molar-refractivity contribution in [3.8, 4) is 40.0 Å². The van der Waals surface area contributed by atoms with Crippen molar-refractivity contribution in [2.75, 3.05) is 14.2 Å². The Morgan fingerprint density at radius 2 is 1.77 bits per heavy atom. The lowest BCUT2D eigenvalue weighted by atomic mass is 10.2. The van der Waals surface area contributed by atoms with Crippen LogP contribution in [0.15, 0.2) is 82.5 Å². The predicted molar refractivity (Wildman–Crippen MR) is 134 cm³/mol. The van der Waals surface area contributed by atoms with E-state index in [4.69, 9.17) is 14.0 Å². The molecule has 2 aromatic heterocycles. The molecule has 0 atom stereocenters. The molecule has 0 fully saturated rings. The molecule has 0 N–H and O–H groups in total. The van der Waals surface area contributed by atoms with Gasteiger partial charge in [0.2, 0.25) is 11.7 Å². The highest BCUT2D eigenvalue weighted by molar-refractivity contribution is 7.98. The minimum atomic E-state index is 0.435. The maximum absolute atomic E-state index is 5.53. The standard InChI is InChI=1S/C26H23N5O3S/c1-17-8-7-11-19(14-17)31-25(18-9-5-4-6-10-18)28-29-26(31)35-16-23-27-24(30-34-23)21-13-12-20(32-2)15-22(21)33-3/h4-15H,16H2,1-3H3. The van der Waals surface area contributed by atoms with Crippen LogP contribution >= 0.6 is 11.8 Å². The van der Waals surface area contributed by atoms with Crippen molar-refractivity contribution in [1.82, 2.24) is 24.9 Å². The number of benzene rings is 3. The van der Waals surface area contributed by atoms with Crippen molar-refractivity contribution >= 4 is 11.8 Å². The van der Waals surface area contributed by atoms with Crippen LogP contribution in [0.3, 0.4) is 0 Å². The molecule has 3 aromatic carbocycles. The Hall–Kier alpha value is -4.11. The van der Waals surface area contributed by atoms with Gasteiger partial charge in [0.25, 0.3) is 0 Å². The van der Waals surface area contributed by atoms with E-state index in [9.17, 15) is 0 Å². The van der Waals surface area contributed by atoms with E-state index in [0.717, 1.165) is 33.4 Å². The third-order valence-corrected chi connectivity index (χ3v) is 6.28. The quantitative estimate of drug-likeness (QED) is 0.262. The molecule has 0 aliphatic rings. The molecule has 0 unspecified atom stereocenters. The number of nitrogens with zero attached hydrogens (tertiary/aromatic N) is 5. The lowest BCUT2D eigenvalue weighted by Gasteiger charge is -2.10. The summed E-state index contributed by atoms with van der Waals surface area (Å²) in [7, 11) is 3.20. The second-order valence-electron chi connectivity index (χ2n) is 7.71. The van der Waals surface area contributed by atoms with Crippen molar-refractivity contribution in [3.05, 3.63) is 84.3 Å². The highest BCUT2D eigenvalue weighted by atomic mass is 32.2. The molecule has 0 saturated carbocycles. The summed E-state index contributed by atoms with van der Waals surface area (Å²) >= 11 is 1.48. The van der Waals surface area contributed by atoms with Crippen LogP contribution < -0.4 is 9.47 Å². The van der Waals surface area contributed by atoms with Gasteiger partial charge in [-0.2, -0.15) is 4.98 Å². The summed E-state index contributed by atoms with van der Waals surface area (Å²) in [5.74, 6) is 3.43. The van der Waals surface area contributed by atoms with Gasteiger partial charge in [-0.3, -0.25) is 4.57 Å². The molecule has 176 valence electrons. The topological polar surface area (TPSA) is 88.1 Å². The Morgan fingerprint density at radius 1 is 0.914 bits per heavy atom. The van der Waals surface area contributed by atoms with E-state index in [-0.39, 0.29) is 0 Å². The molecule has 35 heavy (non-hydrogen) atoms. The first-order chi connectivity index (χ1) is 17.2. The Morgan fingerprint density at radius 3 is 2.54 bits per heavy atom. The molecule has 5 rings (SSSR count). The van der Waals surface area contributed by atoms with Crippen LogP contribution in [-0.2, 0) is 5.75 Å². The van der Waals surface area contributed by atoms with Crippen molar-refractivity contribution in [2.45, 2.75) is 17.8 Å². The van der Waals surface area contributed by atoms with E-state index in [2.05, 4.69) is 44.0 Å².